The number of nitrogens with zero attached hydrogens (tertiary/aromatic N) is 3. The Morgan fingerprint density at radius 3 is 2.62 bits per heavy atom. The fourth-order valence-electron chi connectivity index (χ4n) is 2.51. The lowest BCUT2D eigenvalue weighted by molar-refractivity contribution is 0.948. The molecule has 4 nitrogen and oxygen atoms in total. The molecule has 0 atom stereocenters. The summed E-state index contributed by atoms with van der Waals surface area (Å²) in [6.07, 6.45) is 1.75. The number of nitrogens with one attached hydrogen (secondary N) is 1. The third-order valence-corrected chi connectivity index (χ3v) is 4.45. The quantitative estimate of drug-likeness (QED) is 0.468. The highest BCUT2D eigenvalue weighted by atomic mass is 79.9. The summed E-state index contributed by atoms with van der Waals surface area (Å²) in [5.74, 6) is 0.837. The van der Waals surface area contributed by atoms with Gasteiger partial charge >= 0.3 is 0 Å². The molecule has 6 heteroatoms. The van der Waals surface area contributed by atoms with Crippen molar-refractivity contribution in [1.29, 1.82) is 0 Å². The summed E-state index contributed by atoms with van der Waals surface area (Å²) in [4.78, 5) is 5.62. The molecule has 4 aromatic rings. The summed E-state index contributed by atoms with van der Waals surface area (Å²) in [5.41, 5.74) is 3.65. The maximum Gasteiger partial charge on any atom is 0.172 e. The van der Waals surface area contributed by atoms with Crippen molar-refractivity contribution in [1.82, 2.24) is 14.6 Å². The van der Waals surface area contributed by atoms with E-state index in [1.807, 2.05) is 60.7 Å². The van der Waals surface area contributed by atoms with Gasteiger partial charge in [-0.3, -0.25) is 0 Å². The van der Waals surface area contributed by atoms with Gasteiger partial charge in [0.15, 0.2) is 5.65 Å². The van der Waals surface area contributed by atoms with Crippen LogP contribution in [0.2, 0.25) is 0 Å². The Hall–Kier alpha value is -2.31. The Kier molecular flexibility index (Phi) is 4.00. The molecule has 0 unspecified atom stereocenters. The zero-order chi connectivity index (χ0) is 16.5. The molecule has 0 aliphatic rings. The van der Waals surface area contributed by atoms with Crippen LogP contribution in [-0.4, -0.2) is 14.6 Å². The zero-order valence-electron chi connectivity index (χ0n) is 12.5. The molecule has 0 amide bonds. The molecule has 24 heavy (non-hydrogen) atoms. The minimum absolute atomic E-state index is 0.765. The average molecular weight is 397 g/mol. The van der Waals surface area contributed by atoms with Crippen LogP contribution in [0.15, 0.2) is 76.2 Å². The second kappa shape index (κ2) is 6.30. The lowest BCUT2D eigenvalue weighted by atomic mass is 10.1. The molecule has 0 aliphatic heterocycles. The van der Waals surface area contributed by atoms with Gasteiger partial charge in [-0.1, -0.05) is 36.4 Å². The summed E-state index contributed by atoms with van der Waals surface area (Å²) in [6, 6.07) is 19.9. The fraction of sp³-hybridized carbons (Fsp3) is 0. The molecule has 0 aliphatic carbocycles. The SMILES string of the molecule is Sc1cccc(Nc2cc(-c3ccccc3)nc3c(Br)cnn23)c1. The Morgan fingerprint density at radius 2 is 1.83 bits per heavy atom. The molecule has 0 bridgehead atoms. The van der Waals surface area contributed by atoms with Gasteiger partial charge in [-0.2, -0.15) is 9.61 Å². The van der Waals surface area contributed by atoms with Crippen LogP contribution in [0.1, 0.15) is 0 Å². The first kappa shape index (κ1) is 15.2. The van der Waals surface area contributed by atoms with Crippen LogP contribution in [-0.2, 0) is 0 Å². The highest BCUT2D eigenvalue weighted by Gasteiger charge is 2.11. The van der Waals surface area contributed by atoms with Crippen molar-refractivity contribution < 1.29 is 0 Å². The predicted octanol–water partition coefficient (Wildman–Crippen LogP) is 5.19. The summed E-state index contributed by atoms with van der Waals surface area (Å²) in [5, 5.41) is 7.80. The van der Waals surface area contributed by atoms with Crippen molar-refractivity contribution >= 4 is 45.7 Å². The summed E-state index contributed by atoms with van der Waals surface area (Å²) in [6.45, 7) is 0. The van der Waals surface area contributed by atoms with E-state index in [4.69, 9.17) is 4.98 Å². The van der Waals surface area contributed by atoms with Crippen LogP contribution in [0, 0.1) is 0 Å². The Labute approximate surface area is 153 Å². The number of rotatable bonds is 3. The van der Waals surface area contributed by atoms with Crippen molar-refractivity contribution in [2.24, 2.45) is 0 Å². The number of thiol groups is 1. The number of hydrogen-bond acceptors (Lipinski definition) is 4. The fourth-order valence-corrected chi connectivity index (χ4v) is 3.09. The Morgan fingerprint density at radius 1 is 1.00 bits per heavy atom. The second-order valence-electron chi connectivity index (χ2n) is 5.30. The monoisotopic (exact) mass is 396 g/mol. The highest BCUT2D eigenvalue weighted by molar-refractivity contribution is 9.10. The van der Waals surface area contributed by atoms with E-state index in [2.05, 4.69) is 39.0 Å². The second-order valence-corrected chi connectivity index (χ2v) is 6.67. The number of anilines is 2. The highest BCUT2D eigenvalue weighted by Crippen LogP contribution is 2.28. The molecule has 2 aromatic carbocycles. The molecule has 118 valence electrons. The van der Waals surface area contributed by atoms with Crippen LogP contribution >= 0.6 is 28.6 Å². The maximum absolute atomic E-state index is 4.72. The van der Waals surface area contributed by atoms with Gasteiger partial charge in [-0.05, 0) is 34.1 Å². The molecule has 2 heterocycles. The molecule has 0 saturated heterocycles. The van der Waals surface area contributed by atoms with Gasteiger partial charge < -0.3 is 5.32 Å². The topological polar surface area (TPSA) is 42.2 Å². The van der Waals surface area contributed by atoms with E-state index in [0.29, 0.717) is 0 Å². The van der Waals surface area contributed by atoms with E-state index in [1.54, 1.807) is 10.7 Å². The van der Waals surface area contributed by atoms with Crippen LogP contribution in [0.5, 0.6) is 0 Å². The van der Waals surface area contributed by atoms with E-state index in [9.17, 15) is 0 Å². The lowest BCUT2D eigenvalue weighted by Gasteiger charge is -2.11. The maximum atomic E-state index is 4.72. The standard InChI is InChI=1S/C18H13BrN4S/c19-15-11-20-23-17(21-13-7-4-8-14(24)9-13)10-16(22-18(15)23)12-5-2-1-3-6-12/h1-11,21,24H. The summed E-state index contributed by atoms with van der Waals surface area (Å²) < 4.78 is 2.63. The minimum Gasteiger partial charge on any atom is -0.340 e. The number of halogens is 1. The Balaban J connectivity index is 1.87. The third-order valence-electron chi connectivity index (χ3n) is 3.62. The van der Waals surface area contributed by atoms with E-state index < -0.39 is 0 Å². The summed E-state index contributed by atoms with van der Waals surface area (Å²) >= 11 is 7.91. The zero-order valence-corrected chi connectivity index (χ0v) is 15.0. The molecule has 1 N–H and O–H groups in total. The molecule has 0 spiro atoms. The van der Waals surface area contributed by atoms with E-state index in [1.165, 1.54) is 0 Å². The number of hydrogen-bond donors (Lipinski definition) is 2. The van der Waals surface area contributed by atoms with Crippen LogP contribution in [0.25, 0.3) is 16.9 Å². The van der Waals surface area contributed by atoms with Gasteiger partial charge in [-0.25, -0.2) is 4.98 Å². The smallest absolute Gasteiger partial charge is 0.172 e. The van der Waals surface area contributed by atoms with E-state index in [0.717, 1.165) is 37.8 Å². The van der Waals surface area contributed by atoms with Crippen molar-refractivity contribution in [2.45, 2.75) is 4.90 Å². The van der Waals surface area contributed by atoms with Crippen LogP contribution < -0.4 is 5.32 Å². The molecular weight excluding hydrogens is 384 g/mol. The molecule has 0 saturated carbocycles. The van der Waals surface area contributed by atoms with Crippen molar-refractivity contribution in [3.05, 3.63) is 71.3 Å². The lowest BCUT2D eigenvalue weighted by Crippen LogP contribution is -2.02. The van der Waals surface area contributed by atoms with Gasteiger partial charge in [0.1, 0.15) is 5.82 Å². The van der Waals surface area contributed by atoms with Crippen molar-refractivity contribution in [3.63, 3.8) is 0 Å². The third kappa shape index (κ3) is 2.90. The number of benzene rings is 2. The number of fused-ring (bicyclic) bond motifs is 1. The first-order chi connectivity index (χ1) is 11.7. The largest absolute Gasteiger partial charge is 0.340 e. The first-order valence-corrected chi connectivity index (χ1v) is 8.60. The van der Waals surface area contributed by atoms with Gasteiger partial charge in [-0.15, -0.1) is 12.6 Å². The normalized spacial score (nSPS) is 10.9. The molecule has 4 rings (SSSR count). The van der Waals surface area contributed by atoms with Crippen molar-refractivity contribution in [2.75, 3.05) is 5.32 Å². The summed E-state index contributed by atoms with van der Waals surface area (Å²) in [7, 11) is 0. The van der Waals surface area contributed by atoms with Gasteiger partial charge in [0.2, 0.25) is 0 Å². The van der Waals surface area contributed by atoms with Gasteiger partial charge in [0.05, 0.1) is 16.4 Å². The molecule has 0 fully saturated rings. The molecule has 2 aromatic heterocycles. The molecular formula is C18H13BrN4S. The van der Waals surface area contributed by atoms with Crippen LogP contribution in [0.4, 0.5) is 11.5 Å². The average Bonchev–Trinajstić information content (AvgIpc) is 2.97. The predicted molar refractivity (Wildman–Crippen MR) is 103 cm³/mol. The van der Waals surface area contributed by atoms with Gasteiger partial charge in [0.25, 0.3) is 0 Å². The van der Waals surface area contributed by atoms with Gasteiger partial charge in [0, 0.05) is 22.2 Å². The number of aromatic nitrogens is 3. The molecule has 0 radical (unpaired) electrons. The van der Waals surface area contributed by atoms with Crippen LogP contribution in [0.3, 0.4) is 0 Å². The Bertz CT molecular complexity index is 1010. The minimum atomic E-state index is 0.765. The van der Waals surface area contributed by atoms with E-state index in [-0.39, 0.29) is 0 Å². The first-order valence-electron chi connectivity index (χ1n) is 7.36. The van der Waals surface area contributed by atoms with Crippen molar-refractivity contribution in [3.8, 4) is 11.3 Å². The van der Waals surface area contributed by atoms with E-state index >= 15 is 0 Å².